The molecule has 0 aliphatic carbocycles. The number of nitrogens with one attached hydrogen (secondary N) is 3. The Morgan fingerprint density at radius 3 is 2.26 bits per heavy atom. The first-order valence-corrected chi connectivity index (χ1v) is 16.4. The third-order valence-electron chi connectivity index (χ3n) is 6.15. The number of rotatable bonds is 12. The summed E-state index contributed by atoms with van der Waals surface area (Å²) in [6, 6.07) is 23.8. The number of hydrogen-bond acceptors (Lipinski definition) is 8. The van der Waals surface area contributed by atoms with Gasteiger partial charge in [0, 0.05) is 27.7 Å². The first-order valence-electron chi connectivity index (χ1n) is 13.7. The van der Waals surface area contributed by atoms with Gasteiger partial charge in [-0.05, 0) is 72.2 Å². The molecule has 4 aromatic rings. The zero-order chi connectivity index (χ0) is 30.8. The van der Waals surface area contributed by atoms with Crippen LogP contribution in [0.25, 0.3) is 6.08 Å². The van der Waals surface area contributed by atoms with Crippen molar-refractivity contribution in [3.63, 3.8) is 0 Å². The molecule has 1 atom stereocenters. The Morgan fingerprint density at radius 1 is 0.907 bits per heavy atom. The van der Waals surface area contributed by atoms with Gasteiger partial charge in [-0.15, -0.1) is 11.8 Å². The number of amides is 3. The summed E-state index contributed by atoms with van der Waals surface area (Å²) in [5.41, 5.74) is 3.09. The quantitative estimate of drug-likeness (QED) is 0.111. The smallest absolute Gasteiger partial charge is 0.272 e. The van der Waals surface area contributed by atoms with E-state index in [1.54, 1.807) is 42.5 Å². The maximum absolute atomic E-state index is 13.4. The topological polar surface area (TPSA) is 113 Å². The largest absolute Gasteiger partial charge is 0.321 e. The van der Waals surface area contributed by atoms with Crippen molar-refractivity contribution in [1.82, 2.24) is 14.7 Å². The fourth-order valence-electron chi connectivity index (χ4n) is 3.81. The molecule has 0 saturated carbocycles. The van der Waals surface area contributed by atoms with E-state index in [0.717, 1.165) is 27.7 Å². The van der Waals surface area contributed by atoms with Crippen LogP contribution < -0.4 is 16.0 Å². The van der Waals surface area contributed by atoms with Gasteiger partial charge in [0.05, 0.1) is 5.25 Å². The molecule has 1 heterocycles. The molecule has 0 aliphatic rings. The van der Waals surface area contributed by atoms with E-state index in [-0.39, 0.29) is 22.8 Å². The molecule has 0 spiro atoms. The third-order valence-corrected chi connectivity index (χ3v) is 8.74. The lowest BCUT2D eigenvalue weighted by atomic mass is 10.0. The van der Waals surface area contributed by atoms with Gasteiger partial charge >= 0.3 is 0 Å². The molecule has 222 valence electrons. The Morgan fingerprint density at radius 2 is 1.60 bits per heavy atom. The second-order valence-corrected chi connectivity index (χ2v) is 13.1. The highest BCUT2D eigenvalue weighted by Crippen LogP contribution is 2.27. The maximum Gasteiger partial charge on any atom is 0.272 e. The standard InChI is InChI=1S/C32H33N5O3S3/c1-5-41-32-36-31(43-37-32)35-28(38)21(4)42-26-17-15-25(16-18-26)33-30(40)27(34-29(39)24-9-7-6-8-10-24)19-22-11-13-23(14-12-22)20(2)3/h6-21H,5H2,1-4H3,(H,33,40)(H,34,39)(H,35,36,37,38)/b27-19-. The van der Waals surface area contributed by atoms with Crippen LogP contribution in [0.5, 0.6) is 0 Å². The van der Waals surface area contributed by atoms with E-state index in [9.17, 15) is 14.4 Å². The molecule has 3 N–H and O–H groups in total. The summed E-state index contributed by atoms with van der Waals surface area (Å²) in [4.78, 5) is 44.1. The van der Waals surface area contributed by atoms with Crippen LogP contribution >= 0.6 is 35.1 Å². The molecule has 0 fully saturated rings. The zero-order valence-corrected chi connectivity index (χ0v) is 26.7. The minimum Gasteiger partial charge on any atom is -0.321 e. The Kier molecular flexibility index (Phi) is 11.5. The van der Waals surface area contributed by atoms with Crippen molar-refractivity contribution >= 4 is 69.7 Å². The minimum atomic E-state index is -0.456. The van der Waals surface area contributed by atoms with Crippen LogP contribution in [0.15, 0.2) is 94.6 Å². The Hall–Kier alpha value is -3.93. The third kappa shape index (κ3) is 9.54. The van der Waals surface area contributed by atoms with Crippen molar-refractivity contribution in [2.75, 3.05) is 16.4 Å². The number of thioether (sulfide) groups is 2. The molecule has 1 unspecified atom stereocenters. The second-order valence-electron chi connectivity index (χ2n) is 9.74. The molecule has 4 rings (SSSR count). The highest BCUT2D eigenvalue weighted by atomic mass is 32.2. The van der Waals surface area contributed by atoms with Gasteiger partial charge in [0.25, 0.3) is 11.8 Å². The Bertz CT molecular complexity index is 1570. The maximum atomic E-state index is 13.4. The van der Waals surface area contributed by atoms with Gasteiger partial charge in [-0.3, -0.25) is 19.7 Å². The summed E-state index contributed by atoms with van der Waals surface area (Å²) in [7, 11) is 0. The van der Waals surface area contributed by atoms with Crippen molar-refractivity contribution in [3.8, 4) is 0 Å². The van der Waals surface area contributed by atoms with E-state index in [2.05, 4.69) is 39.2 Å². The van der Waals surface area contributed by atoms with Crippen LogP contribution in [0.1, 0.15) is 55.1 Å². The van der Waals surface area contributed by atoms with E-state index >= 15 is 0 Å². The zero-order valence-electron chi connectivity index (χ0n) is 24.3. The van der Waals surface area contributed by atoms with Crippen LogP contribution in [-0.2, 0) is 9.59 Å². The van der Waals surface area contributed by atoms with Crippen molar-refractivity contribution in [2.45, 2.75) is 48.9 Å². The van der Waals surface area contributed by atoms with Gasteiger partial charge in [-0.2, -0.15) is 9.36 Å². The second kappa shape index (κ2) is 15.5. The molecule has 3 aromatic carbocycles. The highest BCUT2D eigenvalue weighted by Gasteiger charge is 2.18. The summed E-state index contributed by atoms with van der Waals surface area (Å²) in [5.74, 6) is 0.234. The molecule has 1 aromatic heterocycles. The molecular formula is C32H33N5O3S3. The van der Waals surface area contributed by atoms with E-state index in [1.165, 1.54) is 29.1 Å². The Balaban J connectivity index is 1.42. The number of aromatic nitrogens is 2. The lowest BCUT2D eigenvalue weighted by Crippen LogP contribution is -2.30. The molecule has 0 aliphatic heterocycles. The number of hydrogen-bond donors (Lipinski definition) is 3. The predicted octanol–water partition coefficient (Wildman–Crippen LogP) is 7.30. The van der Waals surface area contributed by atoms with E-state index < -0.39 is 5.91 Å². The fraction of sp³-hybridized carbons (Fsp3) is 0.219. The van der Waals surface area contributed by atoms with Crippen molar-refractivity contribution in [3.05, 3.63) is 101 Å². The molecule has 0 bridgehead atoms. The molecule has 43 heavy (non-hydrogen) atoms. The van der Waals surface area contributed by atoms with Crippen LogP contribution in [0, 0.1) is 0 Å². The minimum absolute atomic E-state index is 0.118. The van der Waals surface area contributed by atoms with Gasteiger partial charge in [0.15, 0.2) is 0 Å². The van der Waals surface area contributed by atoms with Gasteiger partial charge in [-0.25, -0.2) is 0 Å². The fourth-order valence-corrected chi connectivity index (χ4v) is 5.96. The molecule has 3 amide bonds. The summed E-state index contributed by atoms with van der Waals surface area (Å²) >= 11 is 4.07. The van der Waals surface area contributed by atoms with Crippen molar-refractivity contribution < 1.29 is 14.4 Å². The summed E-state index contributed by atoms with van der Waals surface area (Å²) in [6.07, 6.45) is 1.66. The Labute approximate surface area is 264 Å². The first kappa shape index (κ1) is 32.0. The van der Waals surface area contributed by atoms with Gasteiger partial charge in [-0.1, -0.05) is 75.0 Å². The lowest BCUT2D eigenvalue weighted by Gasteiger charge is -2.13. The molecule has 8 nitrogen and oxygen atoms in total. The normalized spacial score (nSPS) is 12.1. The average molecular weight is 632 g/mol. The molecular weight excluding hydrogens is 599 g/mol. The summed E-state index contributed by atoms with van der Waals surface area (Å²) in [5, 5.41) is 9.21. The van der Waals surface area contributed by atoms with Gasteiger partial charge in [0.1, 0.15) is 5.70 Å². The monoisotopic (exact) mass is 631 g/mol. The summed E-state index contributed by atoms with van der Waals surface area (Å²) in [6.45, 7) is 8.07. The van der Waals surface area contributed by atoms with Crippen LogP contribution in [-0.4, -0.2) is 38.1 Å². The first-order chi connectivity index (χ1) is 20.7. The predicted molar refractivity (Wildman–Crippen MR) is 178 cm³/mol. The van der Waals surface area contributed by atoms with E-state index in [1.807, 2.05) is 56.3 Å². The SMILES string of the molecule is CCSc1nsc(NC(=O)C(C)Sc2ccc(NC(=O)/C(=C/c3ccc(C(C)C)cc3)NC(=O)c3ccccc3)cc2)n1. The highest BCUT2D eigenvalue weighted by molar-refractivity contribution is 8.00. The number of carbonyl (C=O) groups excluding carboxylic acids is 3. The van der Waals surface area contributed by atoms with Crippen molar-refractivity contribution in [2.24, 2.45) is 0 Å². The number of nitrogens with zero attached hydrogens (tertiary/aromatic N) is 2. The molecule has 0 radical (unpaired) electrons. The number of benzene rings is 3. The van der Waals surface area contributed by atoms with Crippen molar-refractivity contribution in [1.29, 1.82) is 0 Å². The van der Waals surface area contributed by atoms with E-state index in [4.69, 9.17) is 0 Å². The van der Waals surface area contributed by atoms with Crippen LogP contribution in [0.3, 0.4) is 0 Å². The molecule has 0 saturated heterocycles. The van der Waals surface area contributed by atoms with E-state index in [0.29, 0.717) is 27.5 Å². The van der Waals surface area contributed by atoms with Crippen LogP contribution in [0.2, 0.25) is 0 Å². The molecule has 11 heteroatoms. The van der Waals surface area contributed by atoms with Gasteiger partial charge in [0.2, 0.25) is 16.2 Å². The van der Waals surface area contributed by atoms with Crippen LogP contribution in [0.4, 0.5) is 10.8 Å². The van der Waals surface area contributed by atoms with Gasteiger partial charge < -0.3 is 10.6 Å². The summed E-state index contributed by atoms with van der Waals surface area (Å²) < 4.78 is 4.22. The lowest BCUT2D eigenvalue weighted by molar-refractivity contribution is -0.115. The number of anilines is 2. The average Bonchev–Trinajstić information content (AvgIpc) is 3.45. The number of carbonyl (C=O) groups is 3.